The Morgan fingerprint density at radius 3 is 2.83 bits per heavy atom. The summed E-state index contributed by atoms with van der Waals surface area (Å²) in [4.78, 5) is 19.6. The SMILES string of the molecule is CCOc1ccccc1/C=C/C(=O)NCc1nc2ccccc2[nH]1. The normalized spacial score (nSPS) is 11.0. The number of nitrogens with one attached hydrogen (secondary N) is 2. The third-order valence-electron chi connectivity index (χ3n) is 3.50. The van der Waals surface area contributed by atoms with E-state index < -0.39 is 0 Å². The summed E-state index contributed by atoms with van der Waals surface area (Å²) < 4.78 is 5.53. The van der Waals surface area contributed by atoms with Crippen LogP contribution in [0, 0.1) is 0 Å². The number of rotatable bonds is 6. The lowest BCUT2D eigenvalue weighted by molar-refractivity contribution is -0.116. The van der Waals surface area contributed by atoms with E-state index in [2.05, 4.69) is 15.3 Å². The largest absolute Gasteiger partial charge is 0.493 e. The first-order valence-electron chi connectivity index (χ1n) is 7.87. The number of amides is 1. The van der Waals surface area contributed by atoms with Crippen LogP contribution in [0.4, 0.5) is 0 Å². The molecule has 0 bridgehead atoms. The van der Waals surface area contributed by atoms with Crippen molar-refractivity contribution < 1.29 is 9.53 Å². The molecule has 24 heavy (non-hydrogen) atoms. The number of carbonyl (C=O) groups is 1. The second-order valence-corrected chi connectivity index (χ2v) is 5.22. The molecule has 0 aliphatic heterocycles. The predicted molar refractivity (Wildman–Crippen MR) is 94.6 cm³/mol. The van der Waals surface area contributed by atoms with E-state index in [4.69, 9.17) is 4.74 Å². The van der Waals surface area contributed by atoms with E-state index in [0.29, 0.717) is 13.2 Å². The van der Waals surface area contributed by atoms with E-state index in [-0.39, 0.29) is 5.91 Å². The van der Waals surface area contributed by atoms with Crippen molar-refractivity contribution in [3.8, 4) is 5.75 Å². The van der Waals surface area contributed by atoms with Gasteiger partial charge in [-0.1, -0.05) is 30.3 Å². The number of aromatic amines is 1. The monoisotopic (exact) mass is 321 g/mol. The van der Waals surface area contributed by atoms with E-state index in [1.54, 1.807) is 6.08 Å². The van der Waals surface area contributed by atoms with Crippen molar-refractivity contribution in [1.82, 2.24) is 15.3 Å². The number of nitrogens with zero attached hydrogens (tertiary/aromatic N) is 1. The Labute approximate surface area is 140 Å². The molecule has 0 saturated heterocycles. The van der Waals surface area contributed by atoms with Crippen molar-refractivity contribution in [3.63, 3.8) is 0 Å². The van der Waals surface area contributed by atoms with Crippen LogP contribution in [0.3, 0.4) is 0 Å². The molecular weight excluding hydrogens is 302 g/mol. The molecule has 0 spiro atoms. The molecule has 122 valence electrons. The maximum absolute atomic E-state index is 12.0. The first kappa shape index (κ1) is 15.8. The van der Waals surface area contributed by atoms with Gasteiger partial charge >= 0.3 is 0 Å². The lowest BCUT2D eigenvalue weighted by Crippen LogP contribution is -2.20. The van der Waals surface area contributed by atoms with Crippen LogP contribution in [-0.4, -0.2) is 22.5 Å². The summed E-state index contributed by atoms with van der Waals surface area (Å²) in [5.74, 6) is 1.32. The molecule has 1 aromatic heterocycles. The fourth-order valence-electron chi connectivity index (χ4n) is 2.39. The number of hydrogen-bond donors (Lipinski definition) is 2. The molecule has 0 saturated carbocycles. The summed E-state index contributed by atoms with van der Waals surface area (Å²) in [6.45, 7) is 2.87. The van der Waals surface area contributed by atoms with Gasteiger partial charge in [0.1, 0.15) is 11.6 Å². The van der Waals surface area contributed by atoms with E-state index >= 15 is 0 Å². The van der Waals surface area contributed by atoms with Gasteiger partial charge in [-0.15, -0.1) is 0 Å². The Bertz CT molecular complexity index is 835. The summed E-state index contributed by atoms with van der Waals surface area (Å²) in [5, 5.41) is 2.82. The van der Waals surface area contributed by atoms with Gasteiger partial charge in [-0.05, 0) is 31.2 Å². The molecule has 3 aromatic rings. The molecule has 2 aromatic carbocycles. The van der Waals surface area contributed by atoms with Gasteiger partial charge in [-0.2, -0.15) is 0 Å². The third-order valence-corrected chi connectivity index (χ3v) is 3.50. The quantitative estimate of drug-likeness (QED) is 0.685. The van der Waals surface area contributed by atoms with E-state index in [1.165, 1.54) is 6.08 Å². The van der Waals surface area contributed by atoms with Crippen LogP contribution in [0.5, 0.6) is 5.75 Å². The molecule has 5 heteroatoms. The fourth-order valence-corrected chi connectivity index (χ4v) is 2.39. The van der Waals surface area contributed by atoms with Crippen LogP contribution in [0.15, 0.2) is 54.6 Å². The summed E-state index contributed by atoms with van der Waals surface area (Å²) >= 11 is 0. The topological polar surface area (TPSA) is 67.0 Å². The Morgan fingerprint density at radius 2 is 2.00 bits per heavy atom. The average molecular weight is 321 g/mol. The Morgan fingerprint density at radius 1 is 1.21 bits per heavy atom. The van der Waals surface area contributed by atoms with Gasteiger partial charge < -0.3 is 15.0 Å². The summed E-state index contributed by atoms with van der Waals surface area (Å²) in [6.07, 6.45) is 3.25. The van der Waals surface area contributed by atoms with Gasteiger partial charge in [-0.3, -0.25) is 4.79 Å². The molecule has 0 fully saturated rings. The van der Waals surface area contributed by atoms with E-state index in [1.807, 2.05) is 55.5 Å². The van der Waals surface area contributed by atoms with Crippen molar-refractivity contribution in [2.24, 2.45) is 0 Å². The van der Waals surface area contributed by atoms with Gasteiger partial charge in [0.05, 0.1) is 24.2 Å². The van der Waals surface area contributed by atoms with E-state index in [0.717, 1.165) is 28.2 Å². The van der Waals surface area contributed by atoms with Crippen molar-refractivity contribution >= 4 is 23.0 Å². The number of para-hydroxylation sites is 3. The van der Waals surface area contributed by atoms with E-state index in [9.17, 15) is 4.79 Å². The van der Waals surface area contributed by atoms with Gasteiger partial charge in [0.25, 0.3) is 0 Å². The van der Waals surface area contributed by atoms with Crippen molar-refractivity contribution in [2.75, 3.05) is 6.61 Å². The fraction of sp³-hybridized carbons (Fsp3) is 0.158. The van der Waals surface area contributed by atoms with Crippen LogP contribution >= 0.6 is 0 Å². The zero-order valence-corrected chi connectivity index (χ0v) is 13.5. The minimum Gasteiger partial charge on any atom is -0.493 e. The molecule has 1 amide bonds. The van der Waals surface area contributed by atoms with Gasteiger partial charge in [0.15, 0.2) is 0 Å². The maximum atomic E-state index is 12.0. The number of benzene rings is 2. The summed E-state index contributed by atoms with van der Waals surface area (Å²) in [5.41, 5.74) is 2.73. The first-order chi connectivity index (χ1) is 11.8. The van der Waals surface area contributed by atoms with Crippen LogP contribution in [0.1, 0.15) is 18.3 Å². The summed E-state index contributed by atoms with van der Waals surface area (Å²) in [7, 11) is 0. The van der Waals surface area contributed by atoms with Crippen molar-refractivity contribution in [3.05, 3.63) is 66.0 Å². The smallest absolute Gasteiger partial charge is 0.244 e. The average Bonchev–Trinajstić information content (AvgIpc) is 3.02. The van der Waals surface area contributed by atoms with Crippen molar-refractivity contribution in [2.45, 2.75) is 13.5 Å². The molecule has 0 aliphatic rings. The van der Waals surface area contributed by atoms with Crippen LogP contribution in [0.25, 0.3) is 17.1 Å². The Balaban J connectivity index is 1.61. The Kier molecular flexibility index (Phi) is 4.91. The third kappa shape index (κ3) is 3.81. The molecule has 0 atom stereocenters. The van der Waals surface area contributed by atoms with Gasteiger partial charge in [-0.25, -0.2) is 4.98 Å². The minimum absolute atomic E-state index is 0.179. The molecule has 5 nitrogen and oxygen atoms in total. The standard InChI is InChI=1S/C19H19N3O2/c1-2-24-17-10-6-3-7-14(17)11-12-19(23)20-13-18-21-15-8-4-5-9-16(15)22-18/h3-12H,2,13H2,1H3,(H,20,23)(H,21,22)/b12-11+. The number of aromatic nitrogens is 2. The van der Waals surface area contributed by atoms with Crippen molar-refractivity contribution in [1.29, 1.82) is 0 Å². The van der Waals surface area contributed by atoms with Crippen LogP contribution in [0.2, 0.25) is 0 Å². The second kappa shape index (κ2) is 7.46. The summed E-state index contributed by atoms with van der Waals surface area (Å²) in [6, 6.07) is 15.4. The lowest BCUT2D eigenvalue weighted by atomic mass is 10.2. The molecule has 3 rings (SSSR count). The molecule has 0 unspecified atom stereocenters. The second-order valence-electron chi connectivity index (χ2n) is 5.22. The molecule has 2 N–H and O–H groups in total. The molecule has 0 radical (unpaired) electrons. The molecule has 0 aliphatic carbocycles. The predicted octanol–water partition coefficient (Wildman–Crippen LogP) is 3.29. The number of fused-ring (bicyclic) bond motifs is 1. The van der Waals surface area contributed by atoms with Crippen LogP contribution in [-0.2, 0) is 11.3 Å². The van der Waals surface area contributed by atoms with Gasteiger partial charge in [0, 0.05) is 11.6 Å². The number of ether oxygens (including phenoxy) is 1. The first-order valence-corrected chi connectivity index (χ1v) is 7.87. The lowest BCUT2D eigenvalue weighted by Gasteiger charge is -2.06. The number of hydrogen-bond acceptors (Lipinski definition) is 3. The highest BCUT2D eigenvalue weighted by molar-refractivity contribution is 5.92. The number of H-pyrrole nitrogens is 1. The number of carbonyl (C=O) groups excluding carboxylic acids is 1. The van der Waals surface area contributed by atoms with Crippen LogP contribution < -0.4 is 10.1 Å². The Hall–Kier alpha value is -3.08. The zero-order chi connectivity index (χ0) is 16.8. The minimum atomic E-state index is -0.179. The highest BCUT2D eigenvalue weighted by Crippen LogP contribution is 2.19. The highest BCUT2D eigenvalue weighted by Gasteiger charge is 2.04. The maximum Gasteiger partial charge on any atom is 0.244 e. The number of imidazole rings is 1. The van der Waals surface area contributed by atoms with Gasteiger partial charge in [0.2, 0.25) is 5.91 Å². The molecular formula is C19H19N3O2. The zero-order valence-electron chi connectivity index (χ0n) is 13.5. The highest BCUT2D eigenvalue weighted by atomic mass is 16.5. The molecule has 1 heterocycles.